The highest BCUT2D eigenvalue weighted by atomic mass is 16.2. The van der Waals surface area contributed by atoms with Crippen molar-refractivity contribution in [3.63, 3.8) is 0 Å². The molecule has 0 saturated carbocycles. The third kappa shape index (κ3) is 3.96. The lowest BCUT2D eigenvalue weighted by atomic mass is 10.1. The molecule has 0 spiro atoms. The standard InChI is InChI=1S/C22H22N4O2/c27-21-12-11-20(24-26(21)19-9-5-2-6-10-19)22(28)23-15-17-13-14-25(16-17)18-7-3-1-4-8-18/h1-12,17H,13-16H2,(H,23,28). The summed E-state index contributed by atoms with van der Waals surface area (Å²) >= 11 is 0. The topological polar surface area (TPSA) is 67.2 Å². The Hall–Kier alpha value is -3.41. The average Bonchev–Trinajstić information content (AvgIpc) is 3.23. The second-order valence-corrected chi connectivity index (χ2v) is 6.95. The van der Waals surface area contributed by atoms with E-state index in [1.54, 1.807) is 12.1 Å². The van der Waals surface area contributed by atoms with E-state index in [0.717, 1.165) is 19.5 Å². The van der Waals surface area contributed by atoms with E-state index < -0.39 is 0 Å². The van der Waals surface area contributed by atoms with Crippen LogP contribution in [0, 0.1) is 5.92 Å². The summed E-state index contributed by atoms with van der Waals surface area (Å²) in [5.41, 5.74) is 1.82. The van der Waals surface area contributed by atoms with Gasteiger partial charge in [0.25, 0.3) is 11.5 Å². The number of hydrogen-bond acceptors (Lipinski definition) is 4. The summed E-state index contributed by atoms with van der Waals surface area (Å²) in [6.07, 6.45) is 1.03. The van der Waals surface area contributed by atoms with Crippen LogP contribution in [0.5, 0.6) is 0 Å². The molecular formula is C22H22N4O2. The highest BCUT2D eigenvalue weighted by Crippen LogP contribution is 2.22. The van der Waals surface area contributed by atoms with Crippen LogP contribution in [0.1, 0.15) is 16.9 Å². The number of carbonyl (C=O) groups excluding carboxylic acids is 1. The van der Waals surface area contributed by atoms with Crippen molar-refractivity contribution in [2.75, 3.05) is 24.5 Å². The molecule has 1 aliphatic rings. The fraction of sp³-hybridized carbons (Fsp3) is 0.227. The third-order valence-electron chi connectivity index (χ3n) is 4.99. The zero-order valence-electron chi connectivity index (χ0n) is 15.5. The predicted molar refractivity (Wildman–Crippen MR) is 109 cm³/mol. The SMILES string of the molecule is O=C(NCC1CCN(c2ccccc2)C1)c1ccc(=O)n(-c2ccccc2)n1. The summed E-state index contributed by atoms with van der Waals surface area (Å²) in [4.78, 5) is 27.0. The minimum absolute atomic E-state index is 0.237. The Balaban J connectivity index is 1.39. The summed E-state index contributed by atoms with van der Waals surface area (Å²) in [5, 5.41) is 7.20. The van der Waals surface area contributed by atoms with Gasteiger partial charge < -0.3 is 10.2 Å². The van der Waals surface area contributed by atoms with Gasteiger partial charge >= 0.3 is 0 Å². The second kappa shape index (κ2) is 8.08. The van der Waals surface area contributed by atoms with E-state index in [1.807, 2.05) is 36.4 Å². The number of carbonyl (C=O) groups is 1. The molecule has 1 amide bonds. The fourth-order valence-corrected chi connectivity index (χ4v) is 3.49. The highest BCUT2D eigenvalue weighted by Gasteiger charge is 2.23. The number of aromatic nitrogens is 2. The van der Waals surface area contributed by atoms with Crippen LogP contribution in [-0.2, 0) is 0 Å². The maximum absolute atomic E-state index is 12.5. The van der Waals surface area contributed by atoms with E-state index >= 15 is 0 Å². The van der Waals surface area contributed by atoms with Crippen LogP contribution >= 0.6 is 0 Å². The first-order chi connectivity index (χ1) is 13.7. The first-order valence-electron chi connectivity index (χ1n) is 9.45. The van der Waals surface area contributed by atoms with Crippen LogP contribution in [0.15, 0.2) is 77.6 Å². The number of nitrogens with zero attached hydrogens (tertiary/aromatic N) is 3. The lowest BCUT2D eigenvalue weighted by Crippen LogP contribution is -2.33. The van der Waals surface area contributed by atoms with E-state index in [2.05, 4.69) is 27.4 Å². The average molecular weight is 374 g/mol. The molecule has 1 aromatic heterocycles. The number of amides is 1. The first-order valence-corrected chi connectivity index (χ1v) is 9.45. The van der Waals surface area contributed by atoms with Gasteiger partial charge in [-0.05, 0) is 42.7 Å². The van der Waals surface area contributed by atoms with E-state index in [-0.39, 0.29) is 17.2 Å². The Morgan fingerprint density at radius 2 is 1.64 bits per heavy atom. The lowest BCUT2D eigenvalue weighted by molar-refractivity contribution is 0.0941. The largest absolute Gasteiger partial charge is 0.371 e. The first kappa shape index (κ1) is 18.0. The van der Waals surface area contributed by atoms with E-state index in [4.69, 9.17) is 0 Å². The number of benzene rings is 2. The van der Waals surface area contributed by atoms with Crippen LogP contribution < -0.4 is 15.8 Å². The molecule has 0 bridgehead atoms. The van der Waals surface area contributed by atoms with Crippen LogP contribution in [0.4, 0.5) is 5.69 Å². The summed E-state index contributed by atoms with van der Waals surface area (Å²) in [6, 6.07) is 22.3. The minimum Gasteiger partial charge on any atom is -0.371 e. The normalized spacial score (nSPS) is 16.1. The zero-order chi connectivity index (χ0) is 19.3. The minimum atomic E-state index is -0.267. The van der Waals surface area contributed by atoms with Crippen LogP contribution in [0.25, 0.3) is 5.69 Å². The molecule has 1 atom stereocenters. The molecule has 1 saturated heterocycles. The van der Waals surface area contributed by atoms with Crippen molar-refractivity contribution in [3.8, 4) is 5.69 Å². The molecule has 28 heavy (non-hydrogen) atoms. The molecule has 1 unspecified atom stereocenters. The zero-order valence-corrected chi connectivity index (χ0v) is 15.5. The quantitative estimate of drug-likeness (QED) is 0.745. The van der Waals surface area contributed by atoms with Gasteiger partial charge in [-0.25, -0.2) is 0 Å². The molecule has 1 N–H and O–H groups in total. The Morgan fingerprint density at radius 3 is 2.36 bits per heavy atom. The molecule has 6 nitrogen and oxygen atoms in total. The van der Waals surface area contributed by atoms with Gasteiger partial charge in [-0.2, -0.15) is 9.78 Å². The summed E-state index contributed by atoms with van der Waals surface area (Å²) in [7, 11) is 0. The van der Waals surface area contributed by atoms with Gasteiger partial charge in [0.05, 0.1) is 5.69 Å². The van der Waals surface area contributed by atoms with Gasteiger partial charge in [0.1, 0.15) is 5.69 Å². The van der Waals surface area contributed by atoms with Gasteiger partial charge in [0.15, 0.2) is 0 Å². The lowest BCUT2D eigenvalue weighted by Gasteiger charge is -2.18. The van der Waals surface area contributed by atoms with Gasteiger partial charge in [-0.3, -0.25) is 9.59 Å². The van der Waals surface area contributed by atoms with E-state index in [1.165, 1.54) is 22.5 Å². The Bertz CT molecular complexity index is 1000. The molecule has 4 rings (SSSR count). The predicted octanol–water partition coefficient (Wildman–Crippen LogP) is 2.49. The Labute approximate surface area is 163 Å². The summed E-state index contributed by atoms with van der Waals surface area (Å²) in [6.45, 7) is 2.50. The number of rotatable bonds is 5. The van der Waals surface area contributed by atoms with Crippen molar-refractivity contribution in [2.45, 2.75) is 6.42 Å². The Kier molecular flexibility index (Phi) is 5.19. The number of anilines is 1. The Morgan fingerprint density at radius 1 is 0.964 bits per heavy atom. The summed E-state index contributed by atoms with van der Waals surface area (Å²) in [5.74, 6) is 0.132. The van der Waals surface area contributed by atoms with Crippen molar-refractivity contribution in [3.05, 3.63) is 88.8 Å². The molecule has 3 aromatic rings. The molecule has 0 radical (unpaired) electrons. The van der Waals surface area contributed by atoms with Crippen LogP contribution in [0.3, 0.4) is 0 Å². The molecule has 2 heterocycles. The van der Waals surface area contributed by atoms with E-state index in [9.17, 15) is 9.59 Å². The number of nitrogens with one attached hydrogen (secondary N) is 1. The molecule has 6 heteroatoms. The van der Waals surface area contributed by atoms with Crippen LogP contribution in [-0.4, -0.2) is 35.3 Å². The molecule has 142 valence electrons. The number of hydrogen-bond donors (Lipinski definition) is 1. The van der Waals surface area contributed by atoms with Crippen molar-refractivity contribution < 1.29 is 4.79 Å². The monoisotopic (exact) mass is 374 g/mol. The van der Waals surface area contributed by atoms with Crippen molar-refractivity contribution in [1.82, 2.24) is 15.1 Å². The van der Waals surface area contributed by atoms with Crippen molar-refractivity contribution in [1.29, 1.82) is 0 Å². The van der Waals surface area contributed by atoms with E-state index in [0.29, 0.717) is 18.2 Å². The van der Waals surface area contributed by atoms with Gasteiger partial charge in [-0.15, -0.1) is 0 Å². The van der Waals surface area contributed by atoms with Gasteiger partial charge in [-0.1, -0.05) is 36.4 Å². The third-order valence-corrected chi connectivity index (χ3v) is 4.99. The second-order valence-electron chi connectivity index (χ2n) is 6.95. The maximum Gasteiger partial charge on any atom is 0.271 e. The van der Waals surface area contributed by atoms with Gasteiger partial charge in [0, 0.05) is 31.4 Å². The molecule has 1 fully saturated rings. The van der Waals surface area contributed by atoms with Crippen molar-refractivity contribution >= 4 is 11.6 Å². The van der Waals surface area contributed by atoms with Gasteiger partial charge in [0.2, 0.25) is 0 Å². The van der Waals surface area contributed by atoms with Crippen molar-refractivity contribution in [2.24, 2.45) is 5.92 Å². The van der Waals surface area contributed by atoms with Crippen LogP contribution in [0.2, 0.25) is 0 Å². The molecule has 2 aromatic carbocycles. The number of para-hydroxylation sites is 2. The summed E-state index contributed by atoms with van der Waals surface area (Å²) < 4.78 is 1.25. The molecule has 1 aliphatic heterocycles. The molecule has 0 aliphatic carbocycles. The smallest absolute Gasteiger partial charge is 0.271 e. The maximum atomic E-state index is 12.5. The highest BCUT2D eigenvalue weighted by molar-refractivity contribution is 5.92. The molecular weight excluding hydrogens is 352 g/mol. The fourth-order valence-electron chi connectivity index (χ4n) is 3.49.